The van der Waals surface area contributed by atoms with Crippen LogP contribution in [0.15, 0.2) is 30.3 Å². The van der Waals surface area contributed by atoms with E-state index in [-0.39, 0.29) is 11.0 Å². The van der Waals surface area contributed by atoms with E-state index >= 15 is 0 Å². The summed E-state index contributed by atoms with van der Waals surface area (Å²) in [5, 5.41) is 11.6. The van der Waals surface area contributed by atoms with Crippen molar-refractivity contribution in [1.29, 1.82) is 0 Å². The molecule has 0 aliphatic rings. The van der Waals surface area contributed by atoms with Gasteiger partial charge in [0.1, 0.15) is 5.54 Å². The molecular weight excluding hydrogens is 302 g/mol. The predicted molar refractivity (Wildman–Crippen MR) is 86.6 cm³/mol. The van der Waals surface area contributed by atoms with Crippen LogP contribution >= 0.6 is 11.8 Å². The summed E-state index contributed by atoms with van der Waals surface area (Å²) in [5.41, 5.74) is -0.368. The molecule has 6 heteroatoms. The van der Waals surface area contributed by atoms with Crippen LogP contribution in [0.5, 0.6) is 0 Å². The number of thioether (sulfide) groups is 1. The highest BCUT2D eigenvalue weighted by atomic mass is 32.2. The molecule has 1 rings (SSSR count). The molecule has 1 aromatic rings. The maximum absolute atomic E-state index is 12.4. The Labute approximate surface area is 134 Å². The first-order valence-electron chi connectivity index (χ1n) is 6.95. The maximum atomic E-state index is 12.4. The third-order valence-electron chi connectivity index (χ3n) is 3.15. The fourth-order valence-electron chi connectivity index (χ4n) is 1.81. The van der Waals surface area contributed by atoms with Gasteiger partial charge in [0.05, 0.1) is 5.92 Å². The second-order valence-electron chi connectivity index (χ2n) is 5.61. The van der Waals surface area contributed by atoms with Crippen LogP contribution in [0, 0.1) is 5.92 Å². The summed E-state index contributed by atoms with van der Waals surface area (Å²) in [7, 11) is 0. The highest BCUT2D eigenvalue weighted by molar-refractivity contribution is 8.13. The lowest BCUT2D eigenvalue weighted by Crippen LogP contribution is -2.52. The monoisotopic (exact) mass is 323 g/mol. The van der Waals surface area contributed by atoms with E-state index in [1.165, 1.54) is 20.8 Å². The van der Waals surface area contributed by atoms with Crippen LogP contribution in [-0.2, 0) is 20.8 Å². The van der Waals surface area contributed by atoms with Gasteiger partial charge in [-0.1, -0.05) is 42.1 Å². The molecule has 1 amide bonds. The van der Waals surface area contributed by atoms with Gasteiger partial charge in [-0.25, -0.2) is 4.79 Å². The Morgan fingerprint density at radius 1 is 1.23 bits per heavy atom. The Bertz CT molecular complexity index is 542. The van der Waals surface area contributed by atoms with E-state index in [1.54, 1.807) is 0 Å². The quantitative estimate of drug-likeness (QED) is 0.803. The summed E-state index contributed by atoms with van der Waals surface area (Å²) < 4.78 is 0. The Hall–Kier alpha value is -1.82. The molecule has 2 N–H and O–H groups in total. The maximum Gasteiger partial charge on any atom is 0.328 e. The van der Waals surface area contributed by atoms with Gasteiger partial charge < -0.3 is 10.4 Å². The largest absolute Gasteiger partial charge is 0.480 e. The number of carboxylic acid groups (broad SMARTS) is 1. The molecule has 5 nitrogen and oxygen atoms in total. The molecule has 0 aromatic heterocycles. The van der Waals surface area contributed by atoms with Gasteiger partial charge in [-0.3, -0.25) is 9.59 Å². The lowest BCUT2D eigenvalue weighted by Gasteiger charge is -2.24. The number of amides is 1. The normalized spacial score (nSPS) is 12.5. The lowest BCUT2D eigenvalue weighted by molar-refractivity contribution is -0.146. The highest BCUT2D eigenvalue weighted by Gasteiger charge is 2.32. The van der Waals surface area contributed by atoms with Crippen LogP contribution in [0.3, 0.4) is 0 Å². The van der Waals surface area contributed by atoms with E-state index in [9.17, 15) is 14.4 Å². The summed E-state index contributed by atoms with van der Waals surface area (Å²) >= 11 is 1.07. The van der Waals surface area contributed by atoms with E-state index < -0.39 is 17.4 Å². The molecule has 120 valence electrons. The summed E-state index contributed by atoms with van der Waals surface area (Å²) in [4.78, 5) is 34.7. The molecule has 1 aromatic carbocycles. The Kier molecular flexibility index (Phi) is 6.61. The second-order valence-corrected chi connectivity index (χ2v) is 6.81. The molecule has 0 saturated heterocycles. The van der Waals surface area contributed by atoms with Crippen molar-refractivity contribution in [3.05, 3.63) is 35.9 Å². The van der Waals surface area contributed by atoms with Gasteiger partial charge in [-0.05, 0) is 25.8 Å². The van der Waals surface area contributed by atoms with Crippen molar-refractivity contribution in [2.75, 3.05) is 5.75 Å². The van der Waals surface area contributed by atoms with E-state index in [0.717, 1.165) is 17.3 Å². The lowest BCUT2D eigenvalue weighted by atomic mass is 9.98. The van der Waals surface area contributed by atoms with Gasteiger partial charge >= 0.3 is 5.97 Å². The van der Waals surface area contributed by atoms with E-state index in [0.29, 0.717) is 12.2 Å². The topological polar surface area (TPSA) is 83.5 Å². The van der Waals surface area contributed by atoms with Gasteiger partial charge in [-0.15, -0.1) is 0 Å². The van der Waals surface area contributed by atoms with Crippen molar-refractivity contribution in [3.63, 3.8) is 0 Å². The molecule has 0 aliphatic heterocycles. The number of aliphatic carboxylic acids is 1. The molecule has 22 heavy (non-hydrogen) atoms. The minimum Gasteiger partial charge on any atom is -0.480 e. The third kappa shape index (κ3) is 5.89. The fourth-order valence-corrected chi connectivity index (χ4v) is 2.51. The zero-order valence-corrected chi connectivity index (χ0v) is 13.8. The van der Waals surface area contributed by atoms with E-state index in [1.807, 2.05) is 30.3 Å². The minimum atomic E-state index is -1.34. The van der Waals surface area contributed by atoms with Crippen LogP contribution in [0.25, 0.3) is 0 Å². The van der Waals surface area contributed by atoms with Crippen LogP contribution in [0.4, 0.5) is 0 Å². The zero-order valence-electron chi connectivity index (χ0n) is 13.0. The SMILES string of the molecule is CC(=O)SCC(Cc1ccccc1)C(=O)NC(C)(C)C(=O)O. The molecule has 1 unspecified atom stereocenters. The van der Waals surface area contributed by atoms with Crippen LogP contribution in [0.1, 0.15) is 26.3 Å². The van der Waals surface area contributed by atoms with Crippen molar-refractivity contribution in [2.45, 2.75) is 32.7 Å². The van der Waals surface area contributed by atoms with Crippen molar-refractivity contribution >= 4 is 28.8 Å². The first-order valence-corrected chi connectivity index (χ1v) is 7.93. The first-order chi connectivity index (χ1) is 10.2. The van der Waals surface area contributed by atoms with Gasteiger partial charge in [0.15, 0.2) is 5.12 Å². The summed E-state index contributed by atoms with van der Waals surface area (Å²) in [5.74, 6) is -1.59. The molecular formula is C16H21NO4S. The highest BCUT2D eigenvalue weighted by Crippen LogP contribution is 2.17. The zero-order chi connectivity index (χ0) is 16.8. The number of hydrogen-bond donors (Lipinski definition) is 2. The summed E-state index contributed by atoms with van der Waals surface area (Å²) in [6.07, 6.45) is 0.461. The molecule has 0 aliphatic carbocycles. The number of carboxylic acids is 1. The number of carbonyl (C=O) groups is 3. The van der Waals surface area contributed by atoms with Crippen molar-refractivity contribution in [2.24, 2.45) is 5.92 Å². The Morgan fingerprint density at radius 3 is 2.32 bits per heavy atom. The Balaban J connectivity index is 2.82. The summed E-state index contributed by atoms with van der Waals surface area (Å²) in [6, 6.07) is 9.45. The van der Waals surface area contributed by atoms with Crippen molar-refractivity contribution < 1.29 is 19.5 Å². The third-order valence-corrected chi connectivity index (χ3v) is 4.13. The van der Waals surface area contributed by atoms with E-state index in [2.05, 4.69) is 5.32 Å². The molecule has 0 saturated carbocycles. The molecule has 0 bridgehead atoms. The number of benzene rings is 1. The number of hydrogen-bond acceptors (Lipinski definition) is 4. The average Bonchev–Trinajstić information content (AvgIpc) is 2.43. The van der Waals surface area contributed by atoms with Crippen molar-refractivity contribution in [1.82, 2.24) is 5.32 Å². The average molecular weight is 323 g/mol. The fraction of sp³-hybridized carbons (Fsp3) is 0.438. The van der Waals surface area contributed by atoms with Gasteiger partial charge in [0.25, 0.3) is 0 Å². The van der Waals surface area contributed by atoms with Gasteiger partial charge in [-0.2, -0.15) is 0 Å². The smallest absolute Gasteiger partial charge is 0.328 e. The number of nitrogens with one attached hydrogen (secondary N) is 1. The van der Waals surface area contributed by atoms with E-state index in [4.69, 9.17) is 5.11 Å². The van der Waals surface area contributed by atoms with Gasteiger partial charge in [0.2, 0.25) is 5.91 Å². The Morgan fingerprint density at radius 2 is 1.82 bits per heavy atom. The molecule has 0 spiro atoms. The van der Waals surface area contributed by atoms with Gasteiger partial charge in [0, 0.05) is 12.7 Å². The summed E-state index contributed by atoms with van der Waals surface area (Å²) in [6.45, 7) is 4.32. The number of carbonyl (C=O) groups excluding carboxylic acids is 2. The molecule has 0 heterocycles. The molecule has 0 radical (unpaired) electrons. The number of rotatable bonds is 7. The first kappa shape index (κ1) is 18.2. The standard InChI is InChI=1S/C16H21NO4S/c1-11(18)22-10-13(9-12-7-5-4-6-8-12)14(19)17-16(2,3)15(20)21/h4-8,13H,9-10H2,1-3H3,(H,17,19)(H,20,21). The molecule has 1 atom stereocenters. The van der Waals surface area contributed by atoms with Crippen molar-refractivity contribution in [3.8, 4) is 0 Å². The van der Waals surface area contributed by atoms with Crippen LogP contribution in [-0.4, -0.2) is 33.4 Å². The van der Waals surface area contributed by atoms with Crippen LogP contribution in [0.2, 0.25) is 0 Å². The minimum absolute atomic E-state index is 0.0663. The second kappa shape index (κ2) is 7.98. The predicted octanol–water partition coefficient (Wildman–Crippen LogP) is 2.10. The molecule has 0 fully saturated rings. The van der Waals surface area contributed by atoms with Crippen LogP contribution < -0.4 is 5.32 Å².